The second-order valence-electron chi connectivity index (χ2n) is 6.22. The Hall–Kier alpha value is -0.150. The lowest BCUT2D eigenvalue weighted by Crippen LogP contribution is -2.48. The lowest BCUT2D eigenvalue weighted by Gasteiger charge is -2.39. The van der Waals surface area contributed by atoms with E-state index in [1.807, 2.05) is 7.05 Å². The number of hydrogen-bond donors (Lipinski definition) is 1. The van der Waals surface area contributed by atoms with E-state index >= 15 is 0 Å². The number of hydrogen-bond acceptors (Lipinski definition) is 2. The SMILES string of the molecule is CNCC(CC1(F)CCCCC1)N1CCCCC1. The summed E-state index contributed by atoms with van der Waals surface area (Å²) in [6.45, 7) is 3.27. The monoisotopic (exact) mass is 256 g/mol. The molecule has 1 atom stereocenters. The summed E-state index contributed by atoms with van der Waals surface area (Å²) in [6, 6.07) is 0.401. The number of nitrogens with one attached hydrogen (secondary N) is 1. The van der Waals surface area contributed by atoms with Crippen LogP contribution < -0.4 is 5.32 Å². The van der Waals surface area contributed by atoms with E-state index in [0.717, 1.165) is 38.6 Å². The lowest BCUT2D eigenvalue weighted by atomic mass is 9.81. The van der Waals surface area contributed by atoms with Crippen molar-refractivity contribution < 1.29 is 4.39 Å². The molecular weight excluding hydrogens is 227 g/mol. The van der Waals surface area contributed by atoms with Gasteiger partial charge in [0.25, 0.3) is 0 Å². The van der Waals surface area contributed by atoms with E-state index in [9.17, 15) is 4.39 Å². The molecule has 18 heavy (non-hydrogen) atoms. The molecule has 3 heteroatoms. The highest BCUT2D eigenvalue weighted by atomic mass is 19.1. The van der Waals surface area contributed by atoms with Crippen molar-refractivity contribution in [3.05, 3.63) is 0 Å². The molecule has 1 N–H and O–H groups in total. The van der Waals surface area contributed by atoms with Gasteiger partial charge in [-0.25, -0.2) is 4.39 Å². The van der Waals surface area contributed by atoms with Crippen LogP contribution in [-0.2, 0) is 0 Å². The molecule has 0 spiro atoms. The second kappa shape index (κ2) is 6.85. The summed E-state index contributed by atoms with van der Waals surface area (Å²) < 4.78 is 14.8. The van der Waals surface area contributed by atoms with Crippen LogP contribution in [0, 0.1) is 0 Å². The van der Waals surface area contributed by atoms with Gasteiger partial charge in [-0.15, -0.1) is 0 Å². The Balaban J connectivity index is 1.91. The Morgan fingerprint density at radius 3 is 2.28 bits per heavy atom. The van der Waals surface area contributed by atoms with Crippen molar-refractivity contribution in [2.45, 2.75) is 69.5 Å². The summed E-state index contributed by atoms with van der Waals surface area (Å²) in [5.41, 5.74) is -0.878. The molecule has 2 rings (SSSR count). The Kier molecular flexibility index (Phi) is 5.43. The minimum atomic E-state index is -0.878. The van der Waals surface area contributed by atoms with E-state index in [1.165, 1.54) is 38.8 Å². The summed E-state index contributed by atoms with van der Waals surface area (Å²) in [7, 11) is 1.99. The minimum Gasteiger partial charge on any atom is -0.318 e. The van der Waals surface area contributed by atoms with Gasteiger partial charge in [0.05, 0.1) is 0 Å². The zero-order chi connectivity index (χ0) is 12.8. The fourth-order valence-electron chi connectivity index (χ4n) is 3.66. The van der Waals surface area contributed by atoms with Crippen molar-refractivity contribution in [2.24, 2.45) is 0 Å². The second-order valence-corrected chi connectivity index (χ2v) is 6.22. The van der Waals surface area contributed by atoms with Crippen molar-refractivity contribution in [1.82, 2.24) is 10.2 Å². The maximum Gasteiger partial charge on any atom is 0.112 e. The molecule has 2 fully saturated rings. The van der Waals surface area contributed by atoms with Gasteiger partial charge in [-0.3, -0.25) is 4.90 Å². The van der Waals surface area contributed by atoms with E-state index in [1.54, 1.807) is 0 Å². The van der Waals surface area contributed by atoms with Gasteiger partial charge in [-0.05, 0) is 52.2 Å². The molecule has 1 aliphatic carbocycles. The van der Waals surface area contributed by atoms with Gasteiger partial charge in [0, 0.05) is 12.6 Å². The molecule has 0 aromatic rings. The maximum absolute atomic E-state index is 14.8. The number of nitrogens with zero attached hydrogens (tertiary/aromatic N) is 1. The third-order valence-electron chi connectivity index (χ3n) is 4.70. The fraction of sp³-hybridized carbons (Fsp3) is 1.00. The molecular formula is C15H29FN2. The Labute approximate surface area is 111 Å². The number of alkyl halides is 1. The van der Waals surface area contributed by atoms with E-state index in [0.29, 0.717) is 6.04 Å². The quantitative estimate of drug-likeness (QED) is 0.813. The molecule has 0 radical (unpaired) electrons. The Morgan fingerprint density at radius 1 is 1.06 bits per heavy atom. The topological polar surface area (TPSA) is 15.3 Å². The molecule has 0 amide bonds. The molecule has 2 aliphatic rings. The predicted molar refractivity (Wildman–Crippen MR) is 74.7 cm³/mol. The molecule has 0 aromatic heterocycles. The molecule has 1 heterocycles. The highest BCUT2D eigenvalue weighted by molar-refractivity contribution is 4.90. The zero-order valence-corrected chi connectivity index (χ0v) is 11.9. The third kappa shape index (κ3) is 3.92. The molecule has 1 saturated heterocycles. The smallest absolute Gasteiger partial charge is 0.112 e. The van der Waals surface area contributed by atoms with Gasteiger partial charge in [0.2, 0.25) is 0 Å². The van der Waals surface area contributed by atoms with Crippen molar-refractivity contribution >= 4 is 0 Å². The number of likely N-dealkylation sites (tertiary alicyclic amines) is 1. The Morgan fingerprint density at radius 2 is 1.67 bits per heavy atom. The predicted octanol–water partition coefficient (Wildman–Crippen LogP) is 3.12. The average Bonchev–Trinajstić information content (AvgIpc) is 2.40. The van der Waals surface area contributed by atoms with E-state index < -0.39 is 5.67 Å². The van der Waals surface area contributed by atoms with Crippen LogP contribution in [0.1, 0.15) is 57.8 Å². The number of halogens is 1. The van der Waals surface area contributed by atoms with Crippen molar-refractivity contribution in [2.75, 3.05) is 26.7 Å². The maximum atomic E-state index is 14.8. The van der Waals surface area contributed by atoms with Crippen LogP contribution in [0.4, 0.5) is 4.39 Å². The molecule has 1 saturated carbocycles. The van der Waals surface area contributed by atoms with Gasteiger partial charge in [0.1, 0.15) is 5.67 Å². The van der Waals surface area contributed by atoms with Gasteiger partial charge in [-0.1, -0.05) is 25.7 Å². The largest absolute Gasteiger partial charge is 0.318 e. The van der Waals surface area contributed by atoms with E-state index in [4.69, 9.17) is 0 Å². The lowest BCUT2D eigenvalue weighted by molar-refractivity contribution is 0.0447. The van der Waals surface area contributed by atoms with Crippen LogP contribution in [0.3, 0.4) is 0 Å². The standard InChI is InChI=1S/C15H29FN2/c1-17-13-14(18-10-6-3-7-11-18)12-15(16)8-4-2-5-9-15/h14,17H,2-13H2,1H3. The van der Waals surface area contributed by atoms with Crippen LogP contribution >= 0.6 is 0 Å². The summed E-state index contributed by atoms with van der Waals surface area (Å²) in [4.78, 5) is 2.52. The van der Waals surface area contributed by atoms with E-state index in [-0.39, 0.29) is 0 Å². The normalized spacial score (nSPS) is 27.0. The third-order valence-corrected chi connectivity index (χ3v) is 4.70. The summed E-state index contributed by atoms with van der Waals surface area (Å²) in [6.07, 6.45) is 9.66. The zero-order valence-electron chi connectivity index (χ0n) is 11.9. The number of piperidine rings is 1. The molecule has 1 unspecified atom stereocenters. The van der Waals surface area contributed by atoms with Gasteiger partial charge in [0.15, 0.2) is 0 Å². The minimum absolute atomic E-state index is 0.401. The molecule has 2 nitrogen and oxygen atoms in total. The highest BCUT2D eigenvalue weighted by Gasteiger charge is 2.36. The first kappa shape index (κ1) is 14.3. The first-order valence-corrected chi connectivity index (χ1v) is 7.81. The first-order chi connectivity index (χ1) is 8.73. The van der Waals surface area contributed by atoms with Crippen LogP contribution in [0.5, 0.6) is 0 Å². The van der Waals surface area contributed by atoms with Crippen LogP contribution in [0.25, 0.3) is 0 Å². The highest BCUT2D eigenvalue weighted by Crippen LogP contribution is 2.36. The number of likely N-dealkylation sites (N-methyl/N-ethyl adjacent to an activating group) is 1. The van der Waals surface area contributed by atoms with Crippen LogP contribution in [0.15, 0.2) is 0 Å². The van der Waals surface area contributed by atoms with Crippen LogP contribution in [-0.4, -0.2) is 43.3 Å². The van der Waals surface area contributed by atoms with Crippen molar-refractivity contribution in [1.29, 1.82) is 0 Å². The summed E-state index contributed by atoms with van der Waals surface area (Å²) >= 11 is 0. The Bertz CT molecular complexity index is 233. The van der Waals surface area contributed by atoms with Gasteiger partial charge in [-0.2, -0.15) is 0 Å². The molecule has 0 aromatic carbocycles. The van der Waals surface area contributed by atoms with Crippen molar-refractivity contribution in [3.63, 3.8) is 0 Å². The molecule has 0 bridgehead atoms. The first-order valence-electron chi connectivity index (χ1n) is 7.81. The average molecular weight is 256 g/mol. The summed E-state index contributed by atoms with van der Waals surface area (Å²) in [5, 5.41) is 3.26. The molecule has 106 valence electrons. The van der Waals surface area contributed by atoms with E-state index in [2.05, 4.69) is 10.2 Å². The van der Waals surface area contributed by atoms with Crippen LogP contribution in [0.2, 0.25) is 0 Å². The number of rotatable bonds is 5. The van der Waals surface area contributed by atoms with Gasteiger partial charge < -0.3 is 5.32 Å². The van der Waals surface area contributed by atoms with Crippen molar-refractivity contribution in [3.8, 4) is 0 Å². The fourth-order valence-corrected chi connectivity index (χ4v) is 3.66. The summed E-state index contributed by atoms with van der Waals surface area (Å²) in [5.74, 6) is 0. The molecule has 1 aliphatic heterocycles. The van der Waals surface area contributed by atoms with Gasteiger partial charge >= 0.3 is 0 Å².